The number of carbonyl (C=O) groups is 1. The molecule has 1 fully saturated rings. The summed E-state index contributed by atoms with van der Waals surface area (Å²) in [5.41, 5.74) is -0.114. The lowest BCUT2D eigenvalue weighted by Gasteiger charge is -2.23. The summed E-state index contributed by atoms with van der Waals surface area (Å²) in [5, 5.41) is 6.08. The van der Waals surface area contributed by atoms with Crippen LogP contribution in [0.3, 0.4) is 0 Å². The molecule has 0 bridgehead atoms. The second-order valence-corrected chi connectivity index (χ2v) is 4.98. The van der Waals surface area contributed by atoms with Gasteiger partial charge in [-0.25, -0.2) is 0 Å². The summed E-state index contributed by atoms with van der Waals surface area (Å²) in [6, 6.07) is 4.82. The quantitative estimate of drug-likeness (QED) is 0.898. The van der Waals surface area contributed by atoms with Gasteiger partial charge in [-0.15, -0.1) is 12.4 Å². The number of amides is 1. The minimum atomic E-state index is -4.34. The maximum absolute atomic E-state index is 12.4. The van der Waals surface area contributed by atoms with E-state index in [1.165, 1.54) is 12.1 Å². The van der Waals surface area contributed by atoms with Gasteiger partial charge in [-0.3, -0.25) is 4.79 Å². The van der Waals surface area contributed by atoms with Gasteiger partial charge in [0.2, 0.25) is 5.91 Å². The Morgan fingerprint density at radius 3 is 2.48 bits per heavy atom. The van der Waals surface area contributed by atoms with E-state index in [1.54, 1.807) is 0 Å². The van der Waals surface area contributed by atoms with Crippen LogP contribution in [-0.2, 0) is 17.4 Å². The summed E-state index contributed by atoms with van der Waals surface area (Å²) in [6.07, 6.45) is -2.28. The summed E-state index contributed by atoms with van der Waals surface area (Å²) >= 11 is 0. The third-order valence-corrected chi connectivity index (χ3v) is 3.31. The number of piperidine rings is 1. The Morgan fingerprint density at radius 1 is 1.29 bits per heavy atom. The van der Waals surface area contributed by atoms with Crippen molar-refractivity contribution < 1.29 is 18.0 Å². The summed E-state index contributed by atoms with van der Waals surface area (Å²) in [6.45, 7) is 1.71. The van der Waals surface area contributed by atoms with Crippen LogP contribution in [0.1, 0.15) is 24.0 Å². The van der Waals surface area contributed by atoms with Gasteiger partial charge in [0.25, 0.3) is 0 Å². The molecule has 3 nitrogen and oxygen atoms in total. The van der Waals surface area contributed by atoms with Crippen molar-refractivity contribution in [3.05, 3.63) is 35.4 Å². The van der Waals surface area contributed by atoms with Gasteiger partial charge in [-0.05, 0) is 37.1 Å². The second-order valence-electron chi connectivity index (χ2n) is 4.98. The molecule has 0 aromatic heterocycles. The Morgan fingerprint density at radius 2 is 1.95 bits per heavy atom. The van der Waals surface area contributed by atoms with Crippen molar-refractivity contribution in [2.75, 3.05) is 13.1 Å². The fourth-order valence-electron chi connectivity index (χ4n) is 2.25. The number of nitrogens with one attached hydrogen (secondary N) is 2. The van der Waals surface area contributed by atoms with Gasteiger partial charge in [-0.2, -0.15) is 13.2 Å². The zero-order chi connectivity index (χ0) is 14.6. The molecule has 2 N–H and O–H groups in total. The summed E-state index contributed by atoms with van der Waals surface area (Å²) < 4.78 is 37.2. The molecule has 1 aromatic carbocycles. The number of carbonyl (C=O) groups excluding carboxylic acids is 1. The molecule has 21 heavy (non-hydrogen) atoms. The number of halogens is 4. The van der Waals surface area contributed by atoms with E-state index >= 15 is 0 Å². The van der Waals surface area contributed by atoms with E-state index in [2.05, 4.69) is 10.6 Å². The van der Waals surface area contributed by atoms with Crippen molar-refractivity contribution in [2.24, 2.45) is 0 Å². The van der Waals surface area contributed by atoms with Crippen LogP contribution in [-0.4, -0.2) is 25.0 Å². The van der Waals surface area contributed by atoms with Gasteiger partial charge in [0, 0.05) is 12.6 Å². The Hall–Kier alpha value is -1.27. The highest BCUT2D eigenvalue weighted by Crippen LogP contribution is 2.29. The molecule has 118 valence electrons. The fourth-order valence-corrected chi connectivity index (χ4v) is 2.25. The molecule has 0 aliphatic carbocycles. The first-order chi connectivity index (χ1) is 9.45. The van der Waals surface area contributed by atoms with Gasteiger partial charge in [-0.1, -0.05) is 12.1 Å². The number of benzene rings is 1. The van der Waals surface area contributed by atoms with Crippen molar-refractivity contribution in [2.45, 2.75) is 31.5 Å². The van der Waals surface area contributed by atoms with Crippen molar-refractivity contribution in [1.29, 1.82) is 0 Å². The summed E-state index contributed by atoms with van der Waals surface area (Å²) in [7, 11) is 0. The molecule has 2 rings (SSSR count). The molecule has 1 aromatic rings. The van der Waals surface area contributed by atoms with Crippen LogP contribution in [0, 0.1) is 0 Å². The number of hydrogen-bond donors (Lipinski definition) is 2. The number of alkyl halides is 3. The van der Waals surface area contributed by atoms with Crippen LogP contribution in [0.2, 0.25) is 0 Å². The predicted molar refractivity (Wildman–Crippen MR) is 76.4 cm³/mol. The number of rotatable bonds is 3. The van der Waals surface area contributed by atoms with Crippen molar-refractivity contribution in [3.63, 3.8) is 0 Å². The summed E-state index contributed by atoms with van der Waals surface area (Å²) in [4.78, 5) is 11.8. The molecule has 1 saturated heterocycles. The maximum Gasteiger partial charge on any atom is 0.416 e. The van der Waals surface area contributed by atoms with Crippen molar-refractivity contribution in [1.82, 2.24) is 10.6 Å². The van der Waals surface area contributed by atoms with E-state index in [0.717, 1.165) is 38.1 Å². The Balaban J connectivity index is 0.00000220. The fraction of sp³-hybridized carbons (Fsp3) is 0.500. The number of hydrogen-bond acceptors (Lipinski definition) is 2. The lowest BCUT2D eigenvalue weighted by Crippen LogP contribution is -2.46. The Kier molecular flexibility index (Phi) is 6.48. The third-order valence-electron chi connectivity index (χ3n) is 3.31. The highest BCUT2D eigenvalue weighted by Gasteiger charge is 2.30. The highest BCUT2D eigenvalue weighted by molar-refractivity contribution is 5.85. The molecule has 7 heteroatoms. The zero-order valence-corrected chi connectivity index (χ0v) is 12.2. The topological polar surface area (TPSA) is 41.1 Å². The molecular formula is C14H18ClF3N2O. The zero-order valence-electron chi connectivity index (χ0n) is 11.4. The van der Waals surface area contributed by atoms with Crippen LogP contribution in [0.4, 0.5) is 13.2 Å². The average molecular weight is 323 g/mol. The van der Waals surface area contributed by atoms with Gasteiger partial charge in [0.15, 0.2) is 0 Å². The Bertz CT molecular complexity index is 456. The average Bonchev–Trinajstić information content (AvgIpc) is 2.39. The van der Waals surface area contributed by atoms with E-state index in [9.17, 15) is 18.0 Å². The molecule has 1 amide bonds. The van der Waals surface area contributed by atoms with E-state index in [4.69, 9.17) is 0 Å². The molecule has 0 radical (unpaired) electrons. The molecule has 1 atom stereocenters. The lowest BCUT2D eigenvalue weighted by molar-refractivity contribution is -0.137. The lowest BCUT2D eigenvalue weighted by atomic mass is 10.1. The van der Waals surface area contributed by atoms with Gasteiger partial charge < -0.3 is 10.6 Å². The first kappa shape index (κ1) is 17.8. The third kappa shape index (κ3) is 5.55. The molecule has 1 aliphatic heterocycles. The molecule has 1 unspecified atom stereocenters. The molecule has 1 aliphatic rings. The first-order valence-electron chi connectivity index (χ1n) is 6.61. The smallest absolute Gasteiger partial charge is 0.352 e. The summed E-state index contributed by atoms with van der Waals surface area (Å²) in [5.74, 6) is -0.154. The van der Waals surface area contributed by atoms with Gasteiger partial charge in [0.05, 0.1) is 12.0 Å². The highest BCUT2D eigenvalue weighted by atomic mass is 35.5. The van der Waals surface area contributed by atoms with Crippen LogP contribution in [0.15, 0.2) is 24.3 Å². The van der Waals surface area contributed by atoms with Crippen LogP contribution in [0.5, 0.6) is 0 Å². The van der Waals surface area contributed by atoms with E-state index in [-0.39, 0.29) is 30.8 Å². The standard InChI is InChI=1S/C14H17F3N2O.ClH/c15-14(16,17)11-5-3-10(4-6-11)8-13(20)19-12-2-1-7-18-9-12;/h3-6,12,18H,1-2,7-9H2,(H,19,20);1H. The molecule has 1 heterocycles. The van der Waals surface area contributed by atoms with Crippen LogP contribution >= 0.6 is 12.4 Å². The minimum absolute atomic E-state index is 0. The molecule has 0 saturated carbocycles. The van der Waals surface area contributed by atoms with Crippen LogP contribution in [0.25, 0.3) is 0 Å². The second kappa shape index (κ2) is 7.66. The van der Waals surface area contributed by atoms with E-state index < -0.39 is 11.7 Å². The SMILES string of the molecule is Cl.O=C(Cc1ccc(C(F)(F)F)cc1)NC1CCCNC1. The van der Waals surface area contributed by atoms with Crippen LogP contribution < -0.4 is 10.6 Å². The predicted octanol–water partition coefficient (Wildman–Crippen LogP) is 2.54. The normalized spacial score (nSPS) is 18.7. The van der Waals surface area contributed by atoms with E-state index in [0.29, 0.717) is 5.56 Å². The monoisotopic (exact) mass is 322 g/mol. The van der Waals surface area contributed by atoms with Crippen molar-refractivity contribution >= 4 is 18.3 Å². The maximum atomic E-state index is 12.4. The van der Waals surface area contributed by atoms with Gasteiger partial charge in [0.1, 0.15) is 0 Å². The largest absolute Gasteiger partial charge is 0.416 e. The minimum Gasteiger partial charge on any atom is -0.352 e. The first-order valence-corrected chi connectivity index (χ1v) is 6.61. The molecular weight excluding hydrogens is 305 g/mol. The Labute approximate surface area is 127 Å². The molecule has 0 spiro atoms. The van der Waals surface area contributed by atoms with Crippen molar-refractivity contribution in [3.8, 4) is 0 Å². The van der Waals surface area contributed by atoms with Gasteiger partial charge >= 0.3 is 6.18 Å². The van der Waals surface area contributed by atoms with E-state index in [1.807, 2.05) is 0 Å².